The van der Waals surface area contributed by atoms with Crippen molar-refractivity contribution in [2.45, 2.75) is 19.3 Å². The van der Waals surface area contributed by atoms with Crippen LogP contribution in [0.15, 0.2) is 24.3 Å². The standard InChI is InChI=1S/C15H23FN2O.ClH/c16-14-5-1-2-6-15(14)19-11-10-18-9-3-4-13(12-18)7-8-17;/h1-2,5-6,13H,3-4,7-12,17H2;1H. The maximum atomic E-state index is 13.4. The smallest absolute Gasteiger partial charge is 0.165 e. The lowest BCUT2D eigenvalue weighted by Crippen LogP contribution is -2.38. The van der Waals surface area contributed by atoms with Crippen molar-refractivity contribution in [3.8, 4) is 5.75 Å². The third-order valence-corrected chi connectivity index (χ3v) is 3.68. The molecule has 20 heavy (non-hydrogen) atoms. The van der Waals surface area contributed by atoms with Gasteiger partial charge in [0.05, 0.1) is 0 Å². The molecule has 1 aliphatic heterocycles. The first kappa shape index (κ1) is 17.2. The minimum atomic E-state index is -0.290. The Morgan fingerprint density at radius 1 is 1.35 bits per heavy atom. The molecular weight excluding hydrogens is 279 g/mol. The molecule has 2 N–H and O–H groups in total. The summed E-state index contributed by atoms with van der Waals surface area (Å²) in [6.45, 7) is 4.37. The lowest BCUT2D eigenvalue weighted by atomic mass is 9.95. The van der Waals surface area contributed by atoms with Crippen LogP contribution in [-0.4, -0.2) is 37.7 Å². The summed E-state index contributed by atoms with van der Waals surface area (Å²) in [7, 11) is 0. The highest BCUT2D eigenvalue weighted by Gasteiger charge is 2.18. The maximum Gasteiger partial charge on any atom is 0.165 e. The van der Waals surface area contributed by atoms with Crippen molar-refractivity contribution in [2.24, 2.45) is 11.7 Å². The van der Waals surface area contributed by atoms with Crippen molar-refractivity contribution >= 4 is 12.4 Å². The second-order valence-electron chi connectivity index (χ2n) is 5.17. The number of hydrogen-bond donors (Lipinski definition) is 1. The quantitative estimate of drug-likeness (QED) is 0.878. The van der Waals surface area contributed by atoms with Gasteiger partial charge in [0.25, 0.3) is 0 Å². The third kappa shape index (κ3) is 5.27. The Balaban J connectivity index is 0.00000200. The number of rotatable bonds is 6. The minimum absolute atomic E-state index is 0. The van der Waals surface area contributed by atoms with E-state index in [1.165, 1.54) is 18.9 Å². The van der Waals surface area contributed by atoms with Gasteiger partial charge in [0.1, 0.15) is 6.61 Å². The lowest BCUT2D eigenvalue weighted by Gasteiger charge is -2.32. The van der Waals surface area contributed by atoms with E-state index in [2.05, 4.69) is 4.90 Å². The molecule has 114 valence electrons. The van der Waals surface area contributed by atoms with Crippen molar-refractivity contribution in [3.63, 3.8) is 0 Å². The molecule has 3 nitrogen and oxygen atoms in total. The average Bonchev–Trinajstić information content (AvgIpc) is 2.42. The fourth-order valence-corrected chi connectivity index (χ4v) is 2.67. The molecule has 0 aromatic heterocycles. The van der Waals surface area contributed by atoms with Crippen molar-refractivity contribution in [1.29, 1.82) is 0 Å². The Bertz CT molecular complexity index is 390. The number of likely N-dealkylation sites (tertiary alicyclic amines) is 1. The zero-order valence-electron chi connectivity index (χ0n) is 11.8. The summed E-state index contributed by atoms with van der Waals surface area (Å²) < 4.78 is 18.9. The van der Waals surface area contributed by atoms with Crippen LogP contribution in [0, 0.1) is 11.7 Å². The highest BCUT2D eigenvalue weighted by Crippen LogP contribution is 2.19. The molecule has 1 heterocycles. The highest BCUT2D eigenvalue weighted by atomic mass is 35.5. The van der Waals surface area contributed by atoms with Gasteiger partial charge in [0.15, 0.2) is 11.6 Å². The van der Waals surface area contributed by atoms with Gasteiger partial charge in [-0.3, -0.25) is 4.90 Å². The summed E-state index contributed by atoms with van der Waals surface area (Å²) in [5, 5.41) is 0. The second kappa shape index (κ2) is 9.16. The van der Waals surface area contributed by atoms with E-state index in [0.717, 1.165) is 32.6 Å². The van der Waals surface area contributed by atoms with Gasteiger partial charge in [0, 0.05) is 13.1 Å². The number of hydrogen-bond acceptors (Lipinski definition) is 3. The maximum absolute atomic E-state index is 13.4. The van der Waals surface area contributed by atoms with Crippen LogP contribution in [0.1, 0.15) is 19.3 Å². The number of piperidine rings is 1. The van der Waals surface area contributed by atoms with Crippen molar-refractivity contribution in [1.82, 2.24) is 4.90 Å². The summed E-state index contributed by atoms with van der Waals surface area (Å²) in [6, 6.07) is 6.55. The number of ether oxygens (including phenoxy) is 1. The summed E-state index contributed by atoms with van der Waals surface area (Å²) in [4.78, 5) is 2.39. The van der Waals surface area contributed by atoms with Gasteiger partial charge in [-0.25, -0.2) is 4.39 Å². The van der Waals surface area contributed by atoms with Crippen LogP contribution in [0.25, 0.3) is 0 Å². The predicted octanol–water partition coefficient (Wildman–Crippen LogP) is 2.69. The molecule has 0 saturated carbocycles. The molecule has 1 aromatic rings. The summed E-state index contributed by atoms with van der Waals surface area (Å²) in [5.41, 5.74) is 5.61. The van der Waals surface area contributed by atoms with E-state index in [1.807, 2.05) is 0 Å². The largest absolute Gasteiger partial charge is 0.489 e. The Hall–Kier alpha value is -0.840. The first-order chi connectivity index (χ1) is 9.29. The number of para-hydroxylation sites is 1. The Morgan fingerprint density at radius 2 is 2.15 bits per heavy atom. The zero-order valence-corrected chi connectivity index (χ0v) is 12.6. The molecule has 0 amide bonds. The number of nitrogens with zero attached hydrogens (tertiary/aromatic N) is 1. The molecule has 2 rings (SSSR count). The van der Waals surface area contributed by atoms with Crippen LogP contribution in [0.4, 0.5) is 4.39 Å². The molecule has 1 aromatic carbocycles. The van der Waals surface area contributed by atoms with Gasteiger partial charge in [-0.1, -0.05) is 12.1 Å². The number of halogens is 2. The lowest BCUT2D eigenvalue weighted by molar-refractivity contribution is 0.142. The summed E-state index contributed by atoms with van der Waals surface area (Å²) in [5.74, 6) is 0.771. The fourth-order valence-electron chi connectivity index (χ4n) is 2.67. The molecule has 0 radical (unpaired) electrons. The normalized spacial score (nSPS) is 19.4. The topological polar surface area (TPSA) is 38.5 Å². The molecular formula is C15H24ClFN2O. The molecule has 0 aliphatic carbocycles. The van der Waals surface area contributed by atoms with Gasteiger partial charge >= 0.3 is 0 Å². The first-order valence-electron chi connectivity index (χ1n) is 7.09. The number of nitrogens with two attached hydrogens (primary N) is 1. The van der Waals surface area contributed by atoms with Crippen LogP contribution < -0.4 is 10.5 Å². The van der Waals surface area contributed by atoms with Gasteiger partial charge in [-0.2, -0.15) is 0 Å². The summed E-state index contributed by atoms with van der Waals surface area (Å²) in [6.07, 6.45) is 3.61. The van der Waals surface area contributed by atoms with Crippen LogP contribution >= 0.6 is 12.4 Å². The molecule has 0 spiro atoms. The van der Waals surface area contributed by atoms with Gasteiger partial charge in [-0.05, 0) is 50.4 Å². The monoisotopic (exact) mass is 302 g/mol. The molecule has 1 unspecified atom stereocenters. The van der Waals surface area contributed by atoms with E-state index in [0.29, 0.717) is 18.3 Å². The van der Waals surface area contributed by atoms with Crippen LogP contribution in [0.5, 0.6) is 5.75 Å². The van der Waals surface area contributed by atoms with E-state index in [4.69, 9.17) is 10.5 Å². The molecule has 1 atom stereocenters. The molecule has 1 aliphatic rings. The zero-order chi connectivity index (χ0) is 13.5. The Morgan fingerprint density at radius 3 is 2.90 bits per heavy atom. The van der Waals surface area contributed by atoms with E-state index >= 15 is 0 Å². The molecule has 1 fully saturated rings. The van der Waals surface area contributed by atoms with Crippen molar-refractivity contribution in [2.75, 3.05) is 32.8 Å². The van der Waals surface area contributed by atoms with E-state index in [9.17, 15) is 4.39 Å². The van der Waals surface area contributed by atoms with E-state index in [-0.39, 0.29) is 18.2 Å². The Labute approximate surface area is 126 Å². The van der Waals surface area contributed by atoms with Crippen LogP contribution in [0.3, 0.4) is 0 Å². The summed E-state index contributed by atoms with van der Waals surface area (Å²) >= 11 is 0. The number of benzene rings is 1. The van der Waals surface area contributed by atoms with E-state index < -0.39 is 0 Å². The van der Waals surface area contributed by atoms with Gasteiger partial charge in [-0.15, -0.1) is 12.4 Å². The Kier molecular flexibility index (Phi) is 7.88. The van der Waals surface area contributed by atoms with Crippen LogP contribution in [0.2, 0.25) is 0 Å². The fraction of sp³-hybridized carbons (Fsp3) is 0.600. The molecule has 5 heteroatoms. The third-order valence-electron chi connectivity index (χ3n) is 3.68. The van der Waals surface area contributed by atoms with Crippen molar-refractivity contribution in [3.05, 3.63) is 30.1 Å². The van der Waals surface area contributed by atoms with Crippen molar-refractivity contribution < 1.29 is 9.13 Å². The first-order valence-corrected chi connectivity index (χ1v) is 7.09. The minimum Gasteiger partial charge on any atom is -0.489 e. The predicted molar refractivity (Wildman–Crippen MR) is 82.0 cm³/mol. The SMILES string of the molecule is Cl.NCCC1CCCN(CCOc2ccccc2F)C1. The molecule has 0 bridgehead atoms. The molecule has 1 saturated heterocycles. The van der Waals surface area contributed by atoms with Crippen LogP contribution in [-0.2, 0) is 0 Å². The van der Waals surface area contributed by atoms with Gasteiger partial charge < -0.3 is 10.5 Å². The van der Waals surface area contributed by atoms with E-state index in [1.54, 1.807) is 18.2 Å². The van der Waals surface area contributed by atoms with Gasteiger partial charge in [0.2, 0.25) is 0 Å². The average molecular weight is 303 g/mol. The second-order valence-corrected chi connectivity index (χ2v) is 5.17. The highest BCUT2D eigenvalue weighted by molar-refractivity contribution is 5.85.